The molecule has 38 heavy (non-hydrogen) atoms. The Kier molecular flexibility index (Phi) is 16.9. The van der Waals surface area contributed by atoms with Crippen LogP contribution in [0.4, 0.5) is 0 Å². The Bertz CT molecular complexity index is 837. The van der Waals surface area contributed by atoms with E-state index in [0.29, 0.717) is 6.41 Å². The van der Waals surface area contributed by atoms with Crippen LogP contribution in [0.25, 0.3) is 0 Å². The number of hydrogen-bond donors (Lipinski definition) is 7. The maximum absolute atomic E-state index is 12.7. The van der Waals surface area contributed by atoms with Crippen LogP contribution >= 0.6 is 0 Å². The normalized spacial score (nSPS) is 13.0. The molecule has 216 valence electrons. The van der Waals surface area contributed by atoms with E-state index in [1.54, 1.807) is 20.8 Å². The van der Waals surface area contributed by atoms with Gasteiger partial charge in [-0.05, 0) is 6.42 Å². The number of carboxylic acids is 1. The number of ketones is 1. The third kappa shape index (κ3) is 13.1. The standard InChI is InChI=1S/C23H41N7O8/c1-4-15(9-20(34)35)21(36)29-17(11-25)23(38)26-7-8-30(19(33)6-5-18(32)14(2)3)12-27-22(37)16(10-24)28-13-31/h13-17H,4-12,24-25H2,1-3H3,(H,26,38)(H,27,37)(H,28,31)(H,29,36)(H,34,35). The minimum absolute atomic E-state index is 0.00163. The van der Waals surface area contributed by atoms with E-state index in [0.717, 1.165) is 0 Å². The topological polar surface area (TPSA) is 243 Å². The number of nitrogens with zero attached hydrogens (tertiary/aromatic N) is 1. The summed E-state index contributed by atoms with van der Waals surface area (Å²) in [6.45, 7) is 4.24. The second-order valence-corrected chi connectivity index (χ2v) is 8.84. The molecule has 0 radical (unpaired) electrons. The molecule has 0 heterocycles. The zero-order chi connectivity index (χ0) is 29.3. The van der Waals surface area contributed by atoms with Crippen LogP contribution in [0, 0.1) is 11.8 Å². The fraction of sp³-hybridized carbons (Fsp3) is 0.696. The summed E-state index contributed by atoms with van der Waals surface area (Å²) >= 11 is 0. The average molecular weight is 544 g/mol. The highest BCUT2D eigenvalue weighted by Crippen LogP contribution is 2.09. The second-order valence-electron chi connectivity index (χ2n) is 8.84. The molecule has 0 aromatic heterocycles. The van der Waals surface area contributed by atoms with Crippen LogP contribution in [0.3, 0.4) is 0 Å². The monoisotopic (exact) mass is 543 g/mol. The van der Waals surface area contributed by atoms with E-state index < -0.39 is 54.0 Å². The molecule has 9 N–H and O–H groups in total. The van der Waals surface area contributed by atoms with Gasteiger partial charge in [-0.25, -0.2) is 0 Å². The van der Waals surface area contributed by atoms with Crippen LogP contribution < -0.4 is 32.7 Å². The van der Waals surface area contributed by atoms with Crippen molar-refractivity contribution in [2.45, 2.75) is 58.5 Å². The highest BCUT2D eigenvalue weighted by Gasteiger charge is 2.26. The highest BCUT2D eigenvalue weighted by atomic mass is 16.4. The first-order chi connectivity index (χ1) is 17.9. The molecule has 15 nitrogen and oxygen atoms in total. The molecular weight excluding hydrogens is 502 g/mol. The van der Waals surface area contributed by atoms with Crippen molar-refractivity contribution in [2.75, 3.05) is 32.8 Å². The molecule has 0 fully saturated rings. The number of amides is 5. The molecule has 0 aromatic rings. The summed E-state index contributed by atoms with van der Waals surface area (Å²) in [5.74, 6) is -4.67. The predicted octanol–water partition coefficient (Wildman–Crippen LogP) is -2.97. The molecule has 15 heteroatoms. The fourth-order valence-corrected chi connectivity index (χ4v) is 3.19. The van der Waals surface area contributed by atoms with E-state index >= 15 is 0 Å². The van der Waals surface area contributed by atoms with Crippen LogP contribution in [0.5, 0.6) is 0 Å². The first-order valence-electron chi connectivity index (χ1n) is 12.4. The van der Waals surface area contributed by atoms with Crippen LogP contribution in [-0.2, 0) is 33.6 Å². The Hall–Kier alpha value is -3.59. The Balaban J connectivity index is 5.18. The van der Waals surface area contributed by atoms with Gasteiger partial charge in [0.2, 0.25) is 30.0 Å². The number of hydrogen-bond acceptors (Lipinski definition) is 9. The van der Waals surface area contributed by atoms with Crippen molar-refractivity contribution in [1.82, 2.24) is 26.2 Å². The lowest BCUT2D eigenvalue weighted by Gasteiger charge is -2.25. The number of carbonyl (C=O) groups excluding carboxylic acids is 6. The van der Waals surface area contributed by atoms with Gasteiger partial charge in [0.15, 0.2) is 0 Å². The predicted molar refractivity (Wildman–Crippen MR) is 136 cm³/mol. The summed E-state index contributed by atoms with van der Waals surface area (Å²) < 4.78 is 0. The number of carboxylic acid groups (broad SMARTS) is 1. The smallest absolute Gasteiger partial charge is 0.304 e. The van der Waals surface area contributed by atoms with E-state index in [4.69, 9.17) is 16.6 Å². The molecule has 3 atom stereocenters. The minimum atomic E-state index is -1.15. The maximum atomic E-state index is 12.7. The SMILES string of the molecule is CCC(CC(=O)O)C(=O)NC(CN)C(=O)NCCN(CNC(=O)C(CN)NC=O)C(=O)CCC(=O)C(C)C. The highest BCUT2D eigenvalue weighted by molar-refractivity contribution is 5.90. The van der Waals surface area contributed by atoms with Gasteiger partial charge in [0.1, 0.15) is 17.9 Å². The summed E-state index contributed by atoms with van der Waals surface area (Å²) in [5, 5.41) is 18.7. The Labute approximate surface area is 221 Å². The third-order valence-electron chi connectivity index (χ3n) is 5.68. The van der Waals surface area contributed by atoms with E-state index in [-0.39, 0.29) is 63.8 Å². The lowest BCUT2D eigenvalue weighted by atomic mass is 10.0. The van der Waals surface area contributed by atoms with Crippen molar-refractivity contribution >= 4 is 41.8 Å². The summed E-state index contributed by atoms with van der Waals surface area (Å²) in [6, 6.07) is -2.13. The van der Waals surface area contributed by atoms with Gasteiger partial charge in [-0.1, -0.05) is 20.8 Å². The molecule has 0 aliphatic rings. The first-order valence-corrected chi connectivity index (χ1v) is 12.4. The number of carbonyl (C=O) groups is 7. The van der Waals surface area contributed by atoms with Crippen LogP contribution in [-0.4, -0.2) is 96.7 Å². The Morgan fingerprint density at radius 1 is 0.921 bits per heavy atom. The number of Topliss-reactive ketones (excluding diaryl/α,β-unsaturated/α-hetero) is 1. The molecule has 0 spiro atoms. The van der Waals surface area contributed by atoms with E-state index in [1.807, 2.05) is 0 Å². The van der Waals surface area contributed by atoms with Gasteiger partial charge in [-0.3, -0.25) is 33.6 Å². The largest absolute Gasteiger partial charge is 0.481 e. The van der Waals surface area contributed by atoms with Crippen molar-refractivity contribution in [3.63, 3.8) is 0 Å². The summed E-state index contributed by atoms with van der Waals surface area (Å²) in [4.78, 5) is 84.6. The molecule has 0 saturated carbocycles. The van der Waals surface area contributed by atoms with Gasteiger partial charge >= 0.3 is 5.97 Å². The Morgan fingerprint density at radius 3 is 2.03 bits per heavy atom. The quantitative estimate of drug-likeness (QED) is 0.0607. The van der Waals surface area contributed by atoms with Gasteiger partial charge in [0.25, 0.3) is 0 Å². The molecule has 0 aliphatic heterocycles. The van der Waals surface area contributed by atoms with Crippen molar-refractivity contribution < 1.29 is 38.7 Å². The Morgan fingerprint density at radius 2 is 1.53 bits per heavy atom. The molecule has 5 amide bonds. The van der Waals surface area contributed by atoms with Gasteiger partial charge in [-0.2, -0.15) is 0 Å². The van der Waals surface area contributed by atoms with Crippen molar-refractivity contribution in [1.29, 1.82) is 0 Å². The van der Waals surface area contributed by atoms with Crippen LogP contribution in [0.2, 0.25) is 0 Å². The van der Waals surface area contributed by atoms with Crippen LogP contribution in [0.15, 0.2) is 0 Å². The second kappa shape index (κ2) is 18.6. The van der Waals surface area contributed by atoms with Crippen molar-refractivity contribution in [3.05, 3.63) is 0 Å². The molecule has 0 aliphatic carbocycles. The lowest BCUT2D eigenvalue weighted by molar-refractivity contribution is -0.141. The minimum Gasteiger partial charge on any atom is -0.481 e. The molecule has 0 bridgehead atoms. The summed E-state index contributed by atoms with van der Waals surface area (Å²) in [7, 11) is 0. The first kappa shape index (κ1) is 34.4. The third-order valence-corrected chi connectivity index (χ3v) is 5.68. The van der Waals surface area contributed by atoms with Crippen LogP contribution in [0.1, 0.15) is 46.5 Å². The van der Waals surface area contributed by atoms with Crippen molar-refractivity contribution in [2.24, 2.45) is 23.3 Å². The number of nitrogens with one attached hydrogen (secondary N) is 4. The van der Waals surface area contributed by atoms with E-state index in [2.05, 4.69) is 21.3 Å². The van der Waals surface area contributed by atoms with Gasteiger partial charge < -0.3 is 42.7 Å². The zero-order valence-electron chi connectivity index (χ0n) is 22.2. The summed E-state index contributed by atoms with van der Waals surface area (Å²) in [6.07, 6.45) is 0.0756. The average Bonchev–Trinajstić information content (AvgIpc) is 2.88. The van der Waals surface area contributed by atoms with Gasteiger partial charge in [-0.15, -0.1) is 0 Å². The van der Waals surface area contributed by atoms with Gasteiger partial charge in [0.05, 0.1) is 13.1 Å². The van der Waals surface area contributed by atoms with Gasteiger partial charge in [0, 0.05) is 50.9 Å². The molecule has 0 rings (SSSR count). The van der Waals surface area contributed by atoms with Crippen molar-refractivity contribution in [3.8, 4) is 0 Å². The van der Waals surface area contributed by atoms with E-state index in [1.165, 1.54) is 4.90 Å². The molecule has 0 saturated heterocycles. The zero-order valence-corrected chi connectivity index (χ0v) is 22.2. The molecule has 3 unspecified atom stereocenters. The number of nitrogens with two attached hydrogens (primary N) is 2. The number of aliphatic carboxylic acids is 1. The lowest BCUT2D eigenvalue weighted by Crippen LogP contribution is -2.54. The fourth-order valence-electron chi connectivity index (χ4n) is 3.19. The van der Waals surface area contributed by atoms with E-state index in [9.17, 15) is 33.6 Å². The molecular formula is C23H41N7O8. The molecule has 0 aromatic carbocycles. The summed E-state index contributed by atoms with van der Waals surface area (Å²) in [5.41, 5.74) is 11.1. The number of rotatable bonds is 20. The maximum Gasteiger partial charge on any atom is 0.304 e.